The summed E-state index contributed by atoms with van der Waals surface area (Å²) in [6, 6.07) is 9.36. The lowest BCUT2D eigenvalue weighted by Gasteiger charge is -2.18. The second-order valence-corrected chi connectivity index (χ2v) is 8.90. The molecule has 3 aromatic rings. The first-order valence-corrected chi connectivity index (χ1v) is 12.2. The molecule has 8 nitrogen and oxygen atoms in total. The number of para-hydroxylation sites is 1. The lowest BCUT2D eigenvalue weighted by atomic mass is 10.3. The van der Waals surface area contributed by atoms with Crippen molar-refractivity contribution in [3.8, 4) is 5.75 Å². The molecule has 0 radical (unpaired) electrons. The number of benzene rings is 1. The molecule has 2 aromatic heterocycles. The summed E-state index contributed by atoms with van der Waals surface area (Å²) in [5.74, 6) is 2.48. The fourth-order valence-corrected chi connectivity index (χ4v) is 4.39. The van der Waals surface area contributed by atoms with Gasteiger partial charge in [-0.05, 0) is 38.3 Å². The van der Waals surface area contributed by atoms with Gasteiger partial charge in [0.1, 0.15) is 11.6 Å². The highest BCUT2D eigenvalue weighted by molar-refractivity contribution is 7.99. The van der Waals surface area contributed by atoms with Gasteiger partial charge >= 0.3 is 0 Å². The van der Waals surface area contributed by atoms with Crippen molar-refractivity contribution in [3.05, 3.63) is 36.5 Å². The normalized spacial score (nSPS) is 14.6. The third-order valence-electron chi connectivity index (χ3n) is 5.34. The second-order valence-electron chi connectivity index (χ2n) is 7.84. The van der Waals surface area contributed by atoms with Crippen LogP contribution in [0.1, 0.15) is 33.1 Å². The van der Waals surface area contributed by atoms with E-state index in [2.05, 4.69) is 22.2 Å². The van der Waals surface area contributed by atoms with Gasteiger partial charge < -0.3 is 15.0 Å². The van der Waals surface area contributed by atoms with Gasteiger partial charge in [0, 0.05) is 25.4 Å². The number of amides is 1. The standard InChI is InChI=1S/C23H30N6O2S/c1-3-15-32-23-26-20(28-12-7-8-13-28)19-16-25-29(21(19)27-23)14-11-24-22(30)17(2)31-18-9-5-4-6-10-18/h4-6,9-10,16-17H,3,7-8,11-15H2,1-2H3,(H,24,30). The number of ether oxygens (including phenoxy) is 1. The molecule has 1 aromatic carbocycles. The molecule has 1 atom stereocenters. The summed E-state index contributed by atoms with van der Waals surface area (Å²) in [5, 5.41) is 9.26. The van der Waals surface area contributed by atoms with E-state index in [-0.39, 0.29) is 5.91 Å². The first kappa shape index (κ1) is 22.4. The number of nitrogens with zero attached hydrogens (tertiary/aromatic N) is 5. The molecule has 1 aliphatic rings. The Balaban J connectivity index is 1.43. The van der Waals surface area contributed by atoms with Gasteiger partial charge in [-0.25, -0.2) is 14.6 Å². The van der Waals surface area contributed by atoms with Gasteiger partial charge in [-0.1, -0.05) is 36.9 Å². The monoisotopic (exact) mass is 454 g/mol. The maximum Gasteiger partial charge on any atom is 0.260 e. The minimum absolute atomic E-state index is 0.156. The van der Waals surface area contributed by atoms with Crippen LogP contribution in [0.5, 0.6) is 5.75 Å². The number of hydrogen-bond donors (Lipinski definition) is 1. The summed E-state index contributed by atoms with van der Waals surface area (Å²) >= 11 is 1.68. The number of aromatic nitrogens is 4. The van der Waals surface area contributed by atoms with Gasteiger partial charge in [0.05, 0.1) is 18.1 Å². The minimum atomic E-state index is -0.576. The molecule has 0 bridgehead atoms. The predicted octanol–water partition coefficient (Wildman–Crippen LogP) is 3.51. The molecular weight excluding hydrogens is 424 g/mol. The Morgan fingerprint density at radius 2 is 2.00 bits per heavy atom. The highest BCUT2D eigenvalue weighted by Crippen LogP contribution is 2.29. The minimum Gasteiger partial charge on any atom is -0.481 e. The Labute approximate surface area is 192 Å². The van der Waals surface area contributed by atoms with Crippen LogP contribution in [0.4, 0.5) is 5.82 Å². The van der Waals surface area contributed by atoms with Gasteiger partial charge in [-0.2, -0.15) is 5.10 Å². The average Bonchev–Trinajstić information content (AvgIpc) is 3.48. The molecule has 9 heteroatoms. The van der Waals surface area contributed by atoms with E-state index in [4.69, 9.17) is 14.7 Å². The van der Waals surface area contributed by atoms with Crippen LogP contribution in [-0.2, 0) is 11.3 Å². The van der Waals surface area contributed by atoms with E-state index >= 15 is 0 Å². The highest BCUT2D eigenvalue weighted by atomic mass is 32.2. The zero-order chi connectivity index (χ0) is 22.3. The quantitative estimate of drug-likeness (QED) is 0.371. The number of thioether (sulfide) groups is 1. The van der Waals surface area contributed by atoms with E-state index in [9.17, 15) is 4.79 Å². The summed E-state index contributed by atoms with van der Waals surface area (Å²) < 4.78 is 7.55. The molecule has 1 amide bonds. The summed E-state index contributed by atoms with van der Waals surface area (Å²) in [4.78, 5) is 24.4. The lowest BCUT2D eigenvalue weighted by Crippen LogP contribution is -2.38. The van der Waals surface area contributed by atoms with Crippen molar-refractivity contribution in [2.75, 3.05) is 30.3 Å². The van der Waals surface area contributed by atoms with Gasteiger partial charge in [-0.15, -0.1) is 0 Å². The Morgan fingerprint density at radius 1 is 1.22 bits per heavy atom. The molecule has 1 N–H and O–H groups in total. The number of anilines is 1. The van der Waals surface area contributed by atoms with Crippen LogP contribution in [0, 0.1) is 0 Å². The predicted molar refractivity (Wildman–Crippen MR) is 127 cm³/mol. The summed E-state index contributed by atoms with van der Waals surface area (Å²) in [6.07, 6.45) is 4.71. The summed E-state index contributed by atoms with van der Waals surface area (Å²) in [5.41, 5.74) is 0.823. The number of nitrogens with one attached hydrogen (secondary N) is 1. The number of hydrogen-bond acceptors (Lipinski definition) is 7. The highest BCUT2D eigenvalue weighted by Gasteiger charge is 2.21. The van der Waals surface area contributed by atoms with Crippen LogP contribution < -0.4 is 15.0 Å². The molecular formula is C23H30N6O2S. The zero-order valence-corrected chi connectivity index (χ0v) is 19.5. The van der Waals surface area contributed by atoms with Gasteiger partial charge in [0.15, 0.2) is 16.9 Å². The Hall–Kier alpha value is -2.81. The van der Waals surface area contributed by atoms with Gasteiger partial charge in [0.2, 0.25) is 0 Å². The van der Waals surface area contributed by atoms with E-state index < -0.39 is 6.10 Å². The van der Waals surface area contributed by atoms with E-state index in [0.717, 1.165) is 47.3 Å². The topological polar surface area (TPSA) is 85.2 Å². The Bertz CT molecular complexity index is 1040. The number of carbonyl (C=O) groups excluding carboxylic acids is 1. The van der Waals surface area contributed by atoms with Crippen molar-refractivity contribution in [2.45, 2.75) is 50.9 Å². The van der Waals surface area contributed by atoms with Crippen LogP contribution in [-0.4, -0.2) is 57.1 Å². The molecule has 0 saturated carbocycles. The van der Waals surface area contributed by atoms with Crippen LogP contribution in [0.2, 0.25) is 0 Å². The van der Waals surface area contributed by atoms with Crippen LogP contribution in [0.15, 0.2) is 41.7 Å². The van der Waals surface area contributed by atoms with Crippen molar-refractivity contribution < 1.29 is 9.53 Å². The molecule has 4 rings (SSSR count). The van der Waals surface area contributed by atoms with Crippen LogP contribution >= 0.6 is 11.8 Å². The number of fused-ring (bicyclic) bond motifs is 1. The zero-order valence-electron chi connectivity index (χ0n) is 18.7. The molecule has 1 unspecified atom stereocenters. The van der Waals surface area contributed by atoms with Crippen molar-refractivity contribution in [1.82, 2.24) is 25.1 Å². The third-order valence-corrected chi connectivity index (χ3v) is 6.40. The second kappa shape index (κ2) is 10.7. The maximum absolute atomic E-state index is 12.4. The largest absolute Gasteiger partial charge is 0.481 e. The molecule has 0 spiro atoms. The smallest absolute Gasteiger partial charge is 0.260 e. The number of rotatable bonds is 10. The van der Waals surface area contributed by atoms with Crippen molar-refractivity contribution >= 4 is 34.5 Å². The van der Waals surface area contributed by atoms with E-state index in [1.165, 1.54) is 12.8 Å². The summed E-state index contributed by atoms with van der Waals surface area (Å²) in [6.45, 7) is 6.91. The Kier molecular flexibility index (Phi) is 7.47. The molecule has 170 valence electrons. The maximum atomic E-state index is 12.4. The molecule has 1 aliphatic heterocycles. The average molecular weight is 455 g/mol. The van der Waals surface area contributed by atoms with E-state index in [1.54, 1.807) is 18.7 Å². The Morgan fingerprint density at radius 3 is 2.75 bits per heavy atom. The number of carbonyl (C=O) groups is 1. The fourth-order valence-electron chi connectivity index (χ4n) is 3.70. The van der Waals surface area contributed by atoms with Gasteiger partial charge in [-0.3, -0.25) is 4.79 Å². The van der Waals surface area contributed by atoms with Crippen molar-refractivity contribution in [2.24, 2.45) is 0 Å². The molecule has 1 fully saturated rings. The van der Waals surface area contributed by atoms with E-state index in [1.807, 2.05) is 41.2 Å². The van der Waals surface area contributed by atoms with Gasteiger partial charge in [0.25, 0.3) is 5.91 Å². The fraction of sp³-hybridized carbons (Fsp3) is 0.478. The van der Waals surface area contributed by atoms with E-state index in [0.29, 0.717) is 18.8 Å². The van der Waals surface area contributed by atoms with Crippen molar-refractivity contribution in [1.29, 1.82) is 0 Å². The van der Waals surface area contributed by atoms with Crippen molar-refractivity contribution in [3.63, 3.8) is 0 Å². The molecule has 1 saturated heterocycles. The molecule has 32 heavy (non-hydrogen) atoms. The van der Waals surface area contributed by atoms with Crippen LogP contribution in [0.25, 0.3) is 11.0 Å². The lowest BCUT2D eigenvalue weighted by molar-refractivity contribution is -0.127. The first-order chi connectivity index (χ1) is 15.7. The third kappa shape index (κ3) is 5.32. The molecule has 3 heterocycles. The summed E-state index contributed by atoms with van der Waals surface area (Å²) in [7, 11) is 0. The SMILES string of the molecule is CCCSc1nc(N2CCCC2)c2cnn(CCNC(=O)C(C)Oc3ccccc3)c2n1. The van der Waals surface area contributed by atoms with Crippen LogP contribution in [0.3, 0.4) is 0 Å². The first-order valence-electron chi connectivity index (χ1n) is 11.3. The molecule has 0 aliphatic carbocycles.